The molecule has 2 unspecified atom stereocenters. The quantitative estimate of drug-likeness (QED) is 0.837. The molecule has 1 aliphatic heterocycles. The van der Waals surface area contributed by atoms with E-state index in [4.69, 9.17) is 22.1 Å². The number of rotatable bonds is 3. The summed E-state index contributed by atoms with van der Waals surface area (Å²) in [4.78, 5) is 14.5. The first-order valence-electron chi connectivity index (χ1n) is 6.68. The average Bonchev–Trinajstić information content (AvgIpc) is 2.42. The van der Waals surface area contributed by atoms with Crippen LogP contribution in [0.2, 0.25) is 5.02 Å². The summed E-state index contributed by atoms with van der Waals surface area (Å²) in [5.41, 5.74) is 6.89. The van der Waals surface area contributed by atoms with Gasteiger partial charge in [-0.1, -0.05) is 11.6 Å². The van der Waals surface area contributed by atoms with Crippen LogP contribution < -0.4 is 11.1 Å². The minimum Gasteiger partial charge on any atom is -0.397 e. The molecule has 2 atom stereocenters. The van der Waals surface area contributed by atoms with Crippen LogP contribution in [0.5, 0.6) is 0 Å². The number of halogens is 1. The fourth-order valence-corrected chi connectivity index (χ4v) is 2.51. The van der Waals surface area contributed by atoms with Gasteiger partial charge in [0.25, 0.3) is 0 Å². The molecule has 1 amide bonds. The van der Waals surface area contributed by atoms with Crippen LogP contribution in [-0.4, -0.2) is 42.6 Å². The molecule has 110 valence electrons. The van der Waals surface area contributed by atoms with Gasteiger partial charge >= 0.3 is 0 Å². The third-order valence-electron chi connectivity index (χ3n) is 3.57. The van der Waals surface area contributed by atoms with Crippen LogP contribution in [0.1, 0.15) is 13.8 Å². The Balaban J connectivity index is 2.05. The SMILES string of the molecule is CC1COCCN1C(C)C(=O)Nc1cc(Cl)ccc1N. The van der Waals surface area contributed by atoms with Crippen molar-refractivity contribution >= 4 is 28.9 Å². The second-order valence-corrected chi connectivity index (χ2v) is 5.49. The first kappa shape index (κ1) is 15.1. The molecule has 0 spiro atoms. The van der Waals surface area contributed by atoms with Crippen molar-refractivity contribution in [2.75, 3.05) is 30.8 Å². The average molecular weight is 298 g/mol. The van der Waals surface area contributed by atoms with Crippen LogP contribution in [0.3, 0.4) is 0 Å². The zero-order chi connectivity index (χ0) is 14.7. The van der Waals surface area contributed by atoms with Gasteiger partial charge in [-0.05, 0) is 32.0 Å². The van der Waals surface area contributed by atoms with Crippen molar-refractivity contribution in [2.45, 2.75) is 25.9 Å². The summed E-state index contributed by atoms with van der Waals surface area (Å²) >= 11 is 5.92. The van der Waals surface area contributed by atoms with Gasteiger partial charge < -0.3 is 15.8 Å². The highest BCUT2D eigenvalue weighted by Crippen LogP contribution is 2.23. The fourth-order valence-electron chi connectivity index (χ4n) is 2.34. The number of anilines is 2. The number of carbonyl (C=O) groups excluding carboxylic acids is 1. The van der Waals surface area contributed by atoms with Crippen LogP contribution in [0, 0.1) is 0 Å². The second-order valence-electron chi connectivity index (χ2n) is 5.06. The Labute approximate surface area is 124 Å². The van der Waals surface area contributed by atoms with Crippen LogP contribution in [-0.2, 0) is 9.53 Å². The Hall–Kier alpha value is -1.30. The number of nitrogens with two attached hydrogens (primary N) is 1. The molecule has 6 heteroatoms. The Kier molecular flexibility index (Phi) is 4.86. The van der Waals surface area contributed by atoms with E-state index in [1.165, 1.54) is 0 Å². The third kappa shape index (κ3) is 3.42. The van der Waals surface area contributed by atoms with Gasteiger partial charge in [-0.2, -0.15) is 0 Å². The number of carbonyl (C=O) groups is 1. The molecule has 1 aromatic rings. The number of nitrogens with one attached hydrogen (secondary N) is 1. The van der Waals surface area contributed by atoms with Crippen molar-refractivity contribution in [3.05, 3.63) is 23.2 Å². The molecule has 0 saturated carbocycles. The first-order valence-corrected chi connectivity index (χ1v) is 7.06. The van der Waals surface area contributed by atoms with E-state index in [0.717, 1.165) is 6.54 Å². The molecular weight excluding hydrogens is 278 g/mol. The number of ether oxygens (including phenoxy) is 1. The second kappa shape index (κ2) is 6.43. The molecular formula is C14H20ClN3O2. The number of benzene rings is 1. The molecule has 2 rings (SSSR count). The smallest absolute Gasteiger partial charge is 0.241 e. The Morgan fingerprint density at radius 2 is 2.35 bits per heavy atom. The monoisotopic (exact) mass is 297 g/mol. The lowest BCUT2D eigenvalue weighted by atomic mass is 10.1. The van der Waals surface area contributed by atoms with E-state index in [2.05, 4.69) is 17.1 Å². The molecule has 1 saturated heterocycles. The van der Waals surface area contributed by atoms with E-state index in [-0.39, 0.29) is 18.0 Å². The summed E-state index contributed by atoms with van der Waals surface area (Å²) in [5, 5.41) is 3.38. The Bertz CT molecular complexity index is 495. The standard InChI is InChI=1S/C14H20ClN3O2/c1-9-8-20-6-5-18(9)10(2)14(19)17-13-7-11(15)3-4-12(13)16/h3-4,7,9-10H,5-6,8,16H2,1-2H3,(H,17,19). The van der Waals surface area contributed by atoms with E-state index in [1.807, 2.05) is 6.92 Å². The third-order valence-corrected chi connectivity index (χ3v) is 3.80. The van der Waals surface area contributed by atoms with Gasteiger partial charge in [-0.25, -0.2) is 0 Å². The van der Waals surface area contributed by atoms with Gasteiger partial charge in [0, 0.05) is 17.6 Å². The molecule has 0 aliphatic carbocycles. The summed E-state index contributed by atoms with van der Waals surface area (Å²) in [6.07, 6.45) is 0. The van der Waals surface area contributed by atoms with Gasteiger partial charge in [0.15, 0.2) is 0 Å². The Morgan fingerprint density at radius 3 is 3.05 bits per heavy atom. The molecule has 0 aromatic heterocycles. The highest BCUT2D eigenvalue weighted by molar-refractivity contribution is 6.31. The lowest BCUT2D eigenvalue weighted by Crippen LogP contribution is -2.52. The van der Waals surface area contributed by atoms with Gasteiger partial charge in [-0.15, -0.1) is 0 Å². The molecule has 1 aromatic carbocycles. The van der Waals surface area contributed by atoms with Crippen molar-refractivity contribution in [3.8, 4) is 0 Å². The molecule has 3 N–H and O–H groups in total. The van der Waals surface area contributed by atoms with Crippen LogP contribution >= 0.6 is 11.6 Å². The highest BCUT2D eigenvalue weighted by atomic mass is 35.5. The normalized spacial score (nSPS) is 21.4. The summed E-state index contributed by atoms with van der Waals surface area (Å²) in [5.74, 6) is -0.0901. The van der Waals surface area contributed by atoms with E-state index < -0.39 is 0 Å². The maximum Gasteiger partial charge on any atom is 0.241 e. The summed E-state index contributed by atoms with van der Waals surface area (Å²) in [6.45, 7) is 5.99. The van der Waals surface area contributed by atoms with E-state index in [9.17, 15) is 4.79 Å². The zero-order valence-corrected chi connectivity index (χ0v) is 12.5. The van der Waals surface area contributed by atoms with E-state index >= 15 is 0 Å². The molecule has 20 heavy (non-hydrogen) atoms. The maximum atomic E-state index is 12.3. The van der Waals surface area contributed by atoms with Crippen molar-refractivity contribution < 1.29 is 9.53 Å². The zero-order valence-electron chi connectivity index (χ0n) is 11.7. The predicted octanol–water partition coefficient (Wildman–Crippen LogP) is 1.97. The number of hydrogen-bond acceptors (Lipinski definition) is 4. The minimum atomic E-state index is -0.243. The minimum absolute atomic E-state index is 0.0901. The van der Waals surface area contributed by atoms with Crippen molar-refractivity contribution in [1.82, 2.24) is 4.90 Å². The molecule has 1 aliphatic rings. The molecule has 5 nitrogen and oxygen atoms in total. The molecule has 1 heterocycles. The predicted molar refractivity (Wildman–Crippen MR) is 80.9 cm³/mol. The number of amides is 1. The highest BCUT2D eigenvalue weighted by Gasteiger charge is 2.28. The first-order chi connectivity index (χ1) is 9.49. The lowest BCUT2D eigenvalue weighted by Gasteiger charge is -2.37. The topological polar surface area (TPSA) is 67.6 Å². The summed E-state index contributed by atoms with van der Waals surface area (Å²) in [7, 11) is 0. The summed E-state index contributed by atoms with van der Waals surface area (Å²) in [6, 6.07) is 5.01. The summed E-state index contributed by atoms with van der Waals surface area (Å²) < 4.78 is 5.38. The van der Waals surface area contributed by atoms with Gasteiger partial charge in [0.05, 0.1) is 30.6 Å². The maximum absolute atomic E-state index is 12.3. The largest absolute Gasteiger partial charge is 0.397 e. The van der Waals surface area contributed by atoms with Crippen LogP contribution in [0.15, 0.2) is 18.2 Å². The molecule has 0 radical (unpaired) electrons. The van der Waals surface area contributed by atoms with E-state index in [1.54, 1.807) is 18.2 Å². The number of hydrogen-bond donors (Lipinski definition) is 2. The van der Waals surface area contributed by atoms with E-state index in [0.29, 0.717) is 29.6 Å². The van der Waals surface area contributed by atoms with Gasteiger partial charge in [-0.3, -0.25) is 9.69 Å². The molecule has 0 bridgehead atoms. The number of nitrogens with zero attached hydrogens (tertiary/aromatic N) is 1. The van der Waals surface area contributed by atoms with Crippen molar-refractivity contribution in [3.63, 3.8) is 0 Å². The van der Waals surface area contributed by atoms with Crippen molar-refractivity contribution in [1.29, 1.82) is 0 Å². The van der Waals surface area contributed by atoms with Crippen LogP contribution in [0.4, 0.5) is 11.4 Å². The van der Waals surface area contributed by atoms with Crippen molar-refractivity contribution in [2.24, 2.45) is 0 Å². The number of morpholine rings is 1. The van der Waals surface area contributed by atoms with Crippen LogP contribution in [0.25, 0.3) is 0 Å². The Morgan fingerprint density at radius 1 is 1.60 bits per heavy atom. The fraction of sp³-hybridized carbons (Fsp3) is 0.500. The van der Waals surface area contributed by atoms with Gasteiger partial charge in [0.2, 0.25) is 5.91 Å². The molecule has 1 fully saturated rings. The lowest BCUT2D eigenvalue weighted by molar-refractivity contribution is -0.124. The number of nitrogen functional groups attached to an aromatic ring is 1. The van der Waals surface area contributed by atoms with Gasteiger partial charge in [0.1, 0.15) is 0 Å².